The molecule has 2 rings (SSSR count). The number of benzene rings is 1. The molecule has 5 N–H and O–H groups in total. The van der Waals surface area contributed by atoms with E-state index in [1.807, 2.05) is 4.98 Å². The first-order chi connectivity index (χ1) is 11.7. The normalized spacial score (nSPS) is 10.5. The minimum Gasteiger partial charge on any atom is -0.489 e. The summed E-state index contributed by atoms with van der Waals surface area (Å²) in [6.45, 7) is 1.62. The number of carboxylic acids is 2. The lowest BCUT2D eigenvalue weighted by Gasteiger charge is -2.15. The fraction of sp³-hybridized carbons (Fsp3) is 0.133. The van der Waals surface area contributed by atoms with Crippen molar-refractivity contribution in [3.63, 3.8) is 0 Å². The first-order valence-corrected chi connectivity index (χ1v) is 7.21. The average molecular weight is 371 g/mol. The molecule has 0 atom stereocenters. The zero-order valence-electron chi connectivity index (χ0n) is 12.7. The van der Waals surface area contributed by atoms with Gasteiger partial charge in [-0.15, -0.1) is 0 Å². The fourth-order valence-corrected chi connectivity index (χ4v) is 2.52. The molecule has 132 valence electrons. The Morgan fingerprint density at radius 2 is 1.88 bits per heavy atom. The number of rotatable bonds is 5. The van der Waals surface area contributed by atoms with Crippen molar-refractivity contribution in [3.8, 4) is 16.9 Å². The molecule has 0 aliphatic rings. The van der Waals surface area contributed by atoms with Gasteiger partial charge in [0.1, 0.15) is 16.9 Å². The Morgan fingerprint density at radius 1 is 1.28 bits per heavy atom. The molecular formula is C15H12ClFN2O6. The van der Waals surface area contributed by atoms with Crippen LogP contribution in [0.4, 0.5) is 10.2 Å². The van der Waals surface area contributed by atoms with Crippen LogP contribution in [0.5, 0.6) is 5.75 Å². The predicted octanol–water partition coefficient (Wildman–Crippen LogP) is 2.21. The SMILES string of the molecule is CCOc1c(Cl)ccc(-c2c(C(=O)O)c(N)[nH]c(=O)c2C(=O)O)c1F. The van der Waals surface area contributed by atoms with E-state index in [1.165, 1.54) is 6.07 Å². The van der Waals surface area contributed by atoms with Gasteiger partial charge in [-0.3, -0.25) is 4.79 Å². The van der Waals surface area contributed by atoms with Gasteiger partial charge in [0.15, 0.2) is 11.6 Å². The molecule has 1 aromatic carbocycles. The summed E-state index contributed by atoms with van der Waals surface area (Å²) in [4.78, 5) is 36.9. The van der Waals surface area contributed by atoms with E-state index in [1.54, 1.807) is 6.92 Å². The Morgan fingerprint density at radius 3 is 2.40 bits per heavy atom. The van der Waals surface area contributed by atoms with Gasteiger partial charge < -0.3 is 25.7 Å². The summed E-state index contributed by atoms with van der Waals surface area (Å²) in [6.07, 6.45) is 0. The van der Waals surface area contributed by atoms with Crippen LogP contribution in [0.1, 0.15) is 27.6 Å². The van der Waals surface area contributed by atoms with Gasteiger partial charge in [-0.05, 0) is 19.1 Å². The van der Waals surface area contributed by atoms with E-state index in [2.05, 4.69) is 0 Å². The Labute approximate surface area is 144 Å². The van der Waals surface area contributed by atoms with Crippen LogP contribution in [-0.2, 0) is 0 Å². The first kappa shape index (κ1) is 18.3. The van der Waals surface area contributed by atoms with Gasteiger partial charge in [-0.2, -0.15) is 0 Å². The molecule has 0 saturated heterocycles. The van der Waals surface area contributed by atoms with Crippen LogP contribution in [0.3, 0.4) is 0 Å². The molecule has 0 unspecified atom stereocenters. The second kappa shape index (κ2) is 6.81. The van der Waals surface area contributed by atoms with Crippen LogP contribution in [0, 0.1) is 5.82 Å². The molecule has 0 aliphatic carbocycles. The molecule has 25 heavy (non-hydrogen) atoms. The van der Waals surface area contributed by atoms with Crippen molar-refractivity contribution in [2.45, 2.75) is 6.92 Å². The Kier molecular flexibility index (Phi) is 4.98. The second-order valence-electron chi connectivity index (χ2n) is 4.77. The lowest BCUT2D eigenvalue weighted by Crippen LogP contribution is -2.24. The summed E-state index contributed by atoms with van der Waals surface area (Å²) in [7, 11) is 0. The number of nitrogen functional groups attached to an aromatic ring is 1. The average Bonchev–Trinajstić information content (AvgIpc) is 2.49. The maximum Gasteiger partial charge on any atom is 0.342 e. The maximum atomic E-state index is 14.8. The number of ether oxygens (including phenoxy) is 1. The largest absolute Gasteiger partial charge is 0.489 e. The second-order valence-corrected chi connectivity index (χ2v) is 5.18. The van der Waals surface area contributed by atoms with Crippen molar-refractivity contribution >= 4 is 29.4 Å². The fourth-order valence-electron chi connectivity index (χ4n) is 2.32. The number of aromatic nitrogens is 1. The number of anilines is 1. The highest BCUT2D eigenvalue weighted by Gasteiger charge is 2.29. The lowest BCUT2D eigenvalue weighted by atomic mass is 9.94. The van der Waals surface area contributed by atoms with Gasteiger partial charge in [0.25, 0.3) is 5.56 Å². The number of halogens is 2. The minimum atomic E-state index is -1.74. The highest BCUT2D eigenvalue weighted by Crippen LogP contribution is 2.38. The van der Waals surface area contributed by atoms with Gasteiger partial charge >= 0.3 is 11.9 Å². The summed E-state index contributed by atoms with van der Waals surface area (Å²) in [5, 5.41) is 18.5. The van der Waals surface area contributed by atoms with E-state index < -0.39 is 57.1 Å². The van der Waals surface area contributed by atoms with Gasteiger partial charge in [-0.25, -0.2) is 14.0 Å². The standard InChI is InChI=1S/C15H12ClFN2O6/c1-2-25-11-6(16)4-3-5(10(11)17)7-8(14(21)22)12(18)19-13(20)9(7)15(23)24/h3-4H,2H2,1H3,(H,21,22)(H,23,24)(H3,18,19,20). The number of aromatic carboxylic acids is 2. The molecule has 0 amide bonds. The summed E-state index contributed by atoms with van der Waals surface area (Å²) in [5.41, 5.74) is 1.46. The summed E-state index contributed by atoms with van der Waals surface area (Å²) >= 11 is 5.84. The van der Waals surface area contributed by atoms with Gasteiger partial charge in [0.2, 0.25) is 0 Å². The third-order valence-electron chi connectivity index (χ3n) is 3.28. The van der Waals surface area contributed by atoms with Crippen LogP contribution in [0.15, 0.2) is 16.9 Å². The lowest BCUT2D eigenvalue weighted by molar-refractivity contribution is 0.0695. The smallest absolute Gasteiger partial charge is 0.342 e. The number of hydrogen-bond donors (Lipinski definition) is 4. The third kappa shape index (κ3) is 3.13. The number of nitrogens with two attached hydrogens (primary N) is 1. The quantitative estimate of drug-likeness (QED) is 0.631. The number of H-pyrrole nitrogens is 1. The Hall–Kier alpha value is -3.07. The number of pyridine rings is 1. The third-order valence-corrected chi connectivity index (χ3v) is 3.58. The summed E-state index contributed by atoms with van der Waals surface area (Å²) in [5.74, 6) is -5.49. The summed E-state index contributed by atoms with van der Waals surface area (Å²) in [6, 6.07) is 2.24. The van der Waals surface area contributed by atoms with E-state index >= 15 is 0 Å². The molecule has 0 radical (unpaired) electrons. The number of carboxylic acid groups (broad SMARTS) is 2. The molecule has 10 heteroatoms. The molecule has 2 aromatic rings. The minimum absolute atomic E-state index is 0.0508. The van der Waals surface area contributed by atoms with Crippen molar-refractivity contribution in [1.82, 2.24) is 4.98 Å². The Bertz CT molecular complexity index is 941. The molecular weight excluding hydrogens is 359 g/mol. The maximum absolute atomic E-state index is 14.8. The van der Waals surface area contributed by atoms with Crippen LogP contribution in [0.2, 0.25) is 5.02 Å². The number of carbonyl (C=O) groups is 2. The first-order valence-electron chi connectivity index (χ1n) is 6.84. The molecule has 0 spiro atoms. The number of hydrogen-bond acceptors (Lipinski definition) is 5. The van der Waals surface area contributed by atoms with Crippen molar-refractivity contribution in [2.75, 3.05) is 12.3 Å². The molecule has 0 bridgehead atoms. The van der Waals surface area contributed by atoms with Gasteiger partial charge in [0.05, 0.1) is 11.6 Å². The summed E-state index contributed by atoms with van der Waals surface area (Å²) < 4.78 is 19.9. The van der Waals surface area contributed by atoms with Crippen LogP contribution in [0.25, 0.3) is 11.1 Å². The monoisotopic (exact) mass is 370 g/mol. The number of aromatic amines is 1. The van der Waals surface area contributed by atoms with E-state index in [0.717, 1.165) is 6.07 Å². The van der Waals surface area contributed by atoms with E-state index in [0.29, 0.717) is 0 Å². The molecule has 1 aromatic heterocycles. The van der Waals surface area contributed by atoms with E-state index in [4.69, 9.17) is 22.1 Å². The van der Waals surface area contributed by atoms with Gasteiger partial charge in [0, 0.05) is 11.1 Å². The highest BCUT2D eigenvalue weighted by atomic mass is 35.5. The van der Waals surface area contributed by atoms with Crippen molar-refractivity contribution in [3.05, 3.63) is 44.5 Å². The zero-order chi connectivity index (χ0) is 18.9. The van der Waals surface area contributed by atoms with Crippen LogP contribution >= 0.6 is 11.6 Å². The van der Waals surface area contributed by atoms with Crippen LogP contribution < -0.4 is 16.0 Å². The zero-order valence-corrected chi connectivity index (χ0v) is 13.5. The molecule has 8 nitrogen and oxygen atoms in total. The van der Waals surface area contributed by atoms with E-state index in [9.17, 15) is 29.0 Å². The van der Waals surface area contributed by atoms with Crippen molar-refractivity contribution in [2.24, 2.45) is 0 Å². The van der Waals surface area contributed by atoms with E-state index in [-0.39, 0.29) is 11.6 Å². The molecule has 0 aliphatic heterocycles. The van der Waals surface area contributed by atoms with Crippen LogP contribution in [-0.4, -0.2) is 33.7 Å². The Balaban J connectivity index is 3.01. The molecule has 1 heterocycles. The molecule has 0 fully saturated rings. The molecule has 0 saturated carbocycles. The highest BCUT2D eigenvalue weighted by molar-refractivity contribution is 6.32. The number of nitrogens with one attached hydrogen (secondary N) is 1. The topological polar surface area (TPSA) is 143 Å². The van der Waals surface area contributed by atoms with Crippen molar-refractivity contribution < 1.29 is 28.9 Å². The van der Waals surface area contributed by atoms with Crippen molar-refractivity contribution in [1.29, 1.82) is 0 Å². The van der Waals surface area contributed by atoms with Gasteiger partial charge in [-0.1, -0.05) is 11.6 Å². The predicted molar refractivity (Wildman–Crippen MR) is 87.0 cm³/mol.